The van der Waals surface area contributed by atoms with Crippen LogP contribution in [0.4, 0.5) is 0 Å². The Morgan fingerprint density at radius 1 is 1.00 bits per heavy atom. The summed E-state index contributed by atoms with van der Waals surface area (Å²) in [5, 5.41) is 1.97. The molecular weight excluding hydrogens is 214 g/mol. The number of carbonyl (C=O) groups excluding carboxylic acids is 2. The highest BCUT2D eigenvalue weighted by atomic mass is 16.2. The van der Waals surface area contributed by atoms with Crippen molar-refractivity contribution in [3.05, 3.63) is 60.7 Å². The van der Waals surface area contributed by atoms with Crippen molar-refractivity contribution in [3.63, 3.8) is 0 Å². The Morgan fingerprint density at radius 2 is 1.35 bits per heavy atom. The van der Waals surface area contributed by atoms with Crippen molar-refractivity contribution >= 4 is 11.8 Å². The van der Waals surface area contributed by atoms with Gasteiger partial charge >= 0.3 is 0 Å². The van der Waals surface area contributed by atoms with Gasteiger partial charge in [-0.2, -0.15) is 0 Å². The van der Waals surface area contributed by atoms with E-state index in [0.717, 1.165) is 12.2 Å². The SMILES string of the molecule is C=CC(=O)NC(=O)C=C.Cc1ccccc1C. The Hall–Kier alpha value is -2.16. The summed E-state index contributed by atoms with van der Waals surface area (Å²) in [6.07, 6.45) is 2.03. The second kappa shape index (κ2) is 8.05. The van der Waals surface area contributed by atoms with Gasteiger partial charge in [-0.05, 0) is 37.1 Å². The largest absolute Gasteiger partial charge is 0.289 e. The molecule has 0 saturated heterocycles. The number of amides is 2. The highest BCUT2D eigenvalue weighted by molar-refractivity contribution is 6.04. The van der Waals surface area contributed by atoms with Gasteiger partial charge in [0.25, 0.3) is 0 Å². The summed E-state index contributed by atoms with van der Waals surface area (Å²) < 4.78 is 0. The van der Waals surface area contributed by atoms with Gasteiger partial charge in [-0.25, -0.2) is 0 Å². The molecule has 0 aliphatic carbocycles. The molecule has 0 heterocycles. The van der Waals surface area contributed by atoms with Crippen LogP contribution in [-0.4, -0.2) is 11.8 Å². The Kier molecular flexibility index (Phi) is 7.02. The Morgan fingerprint density at radius 3 is 1.59 bits per heavy atom. The quantitative estimate of drug-likeness (QED) is 0.794. The number of rotatable bonds is 2. The third kappa shape index (κ3) is 6.84. The van der Waals surface area contributed by atoms with Gasteiger partial charge in [0.2, 0.25) is 11.8 Å². The molecule has 0 atom stereocenters. The minimum atomic E-state index is -0.514. The van der Waals surface area contributed by atoms with E-state index in [4.69, 9.17) is 0 Å². The van der Waals surface area contributed by atoms with E-state index in [1.54, 1.807) is 0 Å². The van der Waals surface area contributed by atoms with Crippen LogP contribution in [0, 0.1) is 13.8 Å². The summed E-state index contributed by atoms with van der Waals surface area (Å²) in [5.41, 5.74) is 2.74. The van der Waals surface area contributed by atoms with Crippen LogP contribution in [0.2, 0.25) is 0 Å². The Balaban J connectivity index is 0.000000302. The summed E-state index contributed by atoms with van der Waals surface area (Å²) >= 11 is 0. The number of hydrogen-bond donors (Lipinski definition) is 1. The fraction of sp³-hybridized carbons (Fsp3) is 0.143. The summed E-state index contributed by atoms with van der Waals surface area (Å²) in [7, 11) is 0. The first-order valence-electron chi connectivity index (χ1n) is 5.13. The number of imide groups is 1. The molecule has 1 aromatic carbocycles. The lowest BCUT2D eigenvalue weighted by Gasteiger charge is -1.93. The highest BCUT2D eigenvalue weighted by Crippen LogP contribution is 2.02. The second-order valence-electron chi connectivity index (χ2n) is 3.35. The van der Waals surface area contributed by atoms with Crippen molar-refractivity contribution in [3.8, 4) is 0 Å². The lowest BCUT2D eigenvalue weighted by atomic mass is 10.1. The predicted molar refractivity (Wildman–Crippen MR) is 69.5 cm³/mol. The third-order valence-corrected chi connectivity index (χ3v) is 2.04. The van der Waals surface area contributed by atoms with Crippen LogP contribution < -0.4 is 5.32 Å². The van der Waals surface area contributed by atoms with Crippen LogP contribution in [-0.2, 0) is 9.59 Å². The first-order chi connectivity index (χ1) is 8.01. The molecule has 0 aliphatic rings. The number of benzene rings is 1. The average molecular weight is 231 g/mol. The monoisotopic (exact) mass is 231 g/mol. The molecule has 17 heavy (non-hydrogen) atoms. The van der Waals surface area contributed by atoms with Crippen molar-refractivity contribution in [1.82, 2.24) is 5.32 Å². The summed E-state index contributed by atoms with van der Waals surface area (Å²) in [4.78, 5) is 20.6. The smallest absolute Gasteiger partial charge is 0.250 e. The molecular formula is C14H17NO2. The minimum absolute atomic E-state index is 0.514. The van der Waals surface area contributed by atoms with E-state index < -0.39 is 11.8 Å². The summed E-state index contributed by atoms with van der Waals surface area (Å²) in [6.45, 7) is 10.5. The van der Waals surface area contributed by atoms with Gasteiger partial charge in [0.05, 0.1) is 0 Å². The van der Waals surface area contributed by atoms with E-state index in [1.165, 1.54) is 11.1 Å². The minimum Gasteiger partial charge on any atom is -0.289 e. The first-order valence-corrected chi connectivity index (χ1v) is 5.13. The molecule has 0 fully saturated rings. The zero-order chi connectivity index (χ0) is 13.3. The van der Waals surface area contributed by atoms with Crippen molar-refractivity contribution < 1.29 is 9.59 Å². The molecule has 0 bridgehead atoms. The highest BCUT2D eigenvalue weighted by Gasteiger charge is 1.96. The molecule has 0 saturated carbocycles. The van der Waals surface area contributed by atoms with E-state index >= 15 is 0 Å². The molecule has 0 aromatic heterocycles. The molecule has 3 nitrogen and oxygen atoms in total. The van der Waals surface area contributed by atoms with Crippen LogP contribution in [0.5, 0.6) is 0 Å². The zero-order valence-corrected chi connectivity index (χ0v) is 10.2. The number of hydrogen-bond acceptors (Lipinski definition) is 2. The van der Waals surface area contributed by atoms with Crippen LogP contribution in [0.15, 0.2) is 49.6 Å². The first kappa shape index (κ1) is 14.8. The van der Waals surface area contributed by atoms with E-state index in [1.807, 2.05) is 5.32 Å². The van der Waals surface area contributed by atoms with E-state index in [0.29, 0.717) is 0 Å². The topological polar surface area (TPSA) is 46.2 Å². The fourth-order valence-corrected chi connectivity index (χ4v) is 0.886. The number of nitrogens with one attached hydrogen (secondary N) is 1. The molecule has 1 rings (SSSR count). The number of aryl methyl sites for hydroxylation is 2. The normalized spacial score (nSPS) is 8.35. The van der Waals surface area contributed by atoms with Gasteiger partial charge in [0.1, 0.15) is 0 Å². The molecule has 1 N–H and O–H groups in total. The van der Waals surface area contributed by atoms with Crippen molar-refractivity contribution in [2.24, 2.45) is 0 Å². The standard InChI is InChI=1S/C8H10.C6H7NO2/c1-7-5-3-4-6-8(7)2;1-3-5(8)7-6(9)4-2/h3-6H,1-2H3;3-4H,1-2H2,(H,7,8,9). The lowest BCUT2D eigenvalue weighted by molar-refractivity contribution is -0.125. The molecule has 0 unspecified atom stereocenters. The molecule has 0 spiro atoms. The maximum atomic E-state index is 10.3. The molecule has 1 aromatic rings. The third-order valence-electron chi connectivity index (χ3n) is 2.04. The molecule has 0 radical (unpaired) electrons. The average Bonchev–Trinajstić information content (AvgIpc) is 2.33. The van der Waals surface area contributed by atoms with Crippen LogP contribution in [0.25, 0.3) is 0 Å². The van der Waals surface area contributed by atoms with Crippen molar-refractivity contribution in [2.45, 2.75) is 13.8 Å². The van der Waals surface area contributed by atoms with Gasteiger partial charge in [0.15, 0.2) is 0 Å². The Bertz CT molecular complexity index is 383. The lowest BCUT2D eigenvalue weighted by Crippen LogP contribution is -2.26. The van der Waals surface area contributed by atoms with E-state index in [-0.39, 0.29) is 0 Å². The maximum absolute atomic E-state index is 10.3. The summed E-state index contributed by atoms with van der Waals surface area (Å²) in [5.74, 6) is -1.03. The fourth-order valence-electron chi connectivity index (χ4n) is 0.886. The Labute approximate surface area is 102 Å². The predicted octanol–water partition coefficient (Wildman–Crippen LogP) is 2.30. The van der Waals surface area contributed by atoms with E-state index in [2.05, 4.69) is 51.3 Å². The van der Waals surface area contributed by atoms with Crippen LogP contribution >= 0.6 is 0 Å². The van der Waals surface area contributed by atoms with Gasteiger partial charge in [-0.1, -0.05) is 37.4 Å². The zero-order valence-electron chi connectivity index (χ0n) is 10.2. The van der Waals surface area contributed by atoms with Gasteiger partial charge in [-0.15, -0.1) is 0 Å². The summed E-state index contributed by atoms with van der Waals surface area (Å²) in [6, 6.07) is 8.36. The van der Waals surface area contributed by atoms with E-state index in [9.17, 15) is 9.59 Å². The molecule has 3 heteroatoms. The van der Waals surface area contributed by atoms with Crippen LogP contribution in [0.1, 0.15) is 11.1 Å². The second-order valence-corrected chi connectivity index (χ2v) is 3.35. The van der Waals surface area contributed by atoms with Gasteiger partial charge < -0.3 is 0 Å². The van der Waals surface area contributed by atoms with Gasteiger partial charge in [-0.3, -0.25) is 14.9 Å². The maximum Gasteiger partial charge on any atom is 0.250 e. The van der Waals surface area contributed by atoms with Crippen molar-refractivity contribution in [1.29, 1.82) is 0 Å². The number of carbonyl (C=O) groups is 2. The molecule has 0 aliphatic heterocycles. The van der Waals surface area contributed by atoms with Crippen molar-refractivity contribution in [2.75, 3.05) is 0 Å². The van der Waals surface area contributed by atoms with Gasteiger partial charge in [0, 0.05) is 0 Å². The molecule has 2 amide bonds. The molecule has 90 valence electrons. The van der Waals surface area contributed by atoms with Crippen LogP contribution in [0.3, 0.4) is 0 Å².